The van der Waals surface area contributed by atoms with E-state index in [0.717, 1.165) is 11.1 Å². The van der Waals surface area contributed by atoms with Gasteiger partial charge in [-0.1, -0.05) is 52.0 Å². The van der Waals surface area contributed by atoms with Gasteiger partial charge in [-0.3, -0.25) is 14.5 Å². The number of aliphatic hydroxyl groups excluding tert-OH is 1. The zero-order chi connectivity index (χ0) is 22.0. The number of Topliss-reactive ketones (excluding diaryl/α,β-unsaturated/α-hetero) is 1. The number of aryl methyl sites for hydroxylation is 1. The summed E-state index contributed by atoms with van der Waals surface area (Å²) >= 11 is 0. The maximum Gasteiger partial charge on any atom is 0.294 e. The van der Waals surface area contributed by atoms with Gasteiger partial charge in [0.05, 0.1) is 18.2 Å². The second kappa shape index (κ2) is 8.74. The largest absolute Gasteiger partial charge is 0.503 e. The van der Waals surface area contributed by atoms with Gasteiger partial charge in [0.25, 0.3) is 5.91 Å². The van der Waals surface area contributed by atoms with Crippen molar-refractivity contribution in [2.45, 2.75) is 40.7 Å². The lowest BCUT2D eigenvalue weighted by Gasteiger charge is -2.28. The van der Waals surface area contributed by atoms with Crippen molar-refractivity contribution >= 4 is 17.4 Å². The van der Waals surface area contributed by atoms with Crippen LogP contribution in [0.15, 0.2) is 59.9 Å². The fourth-order valence-electron chi connectivity index (χ4n) is 3.56. The smallest absolute Gasteiger partial charge is 0.294 e. The number of benzene rings is 2. The lowest BCUT2D eigenvalue weighted by Crippen LogP contribution is -2.31. The summed E-state index contributed by atoms with van der Waals surface area (Å²) in [4.78, 5) is 27.6. The zero-order valence-corrected chi connectivity index (χ0v) is 18.2. The molecule has 0 fully saturated rings. The summed E-state index contributed by atoms with van der Waals surface area (Å²) in [5, 5.41) is 10.7. The molecule has 1 aliphatic heterocycles. The quantitative estimate of drug-likeness (QED) is 0.689. The first-order valence-electron chi connectivity index (χ1n) is 10.3. The molecule has 0 aliphatic carbocycles. The molecule has 158 valence electrons. The van der Waals surface area contributed by atoms with Gasteiger partial charge in [-0.25, -0.2) is 0 Å². The number of carbonyl (C=O) groups excluding carboxylic acids is 2. The van der Waals surface area contributed by atoms with E-state index in [4.69, 9.17) is 4.74 Å². The number of ketones is 1. The molecule has 30 heavy (non-hydrogen) atoms. The third kappa shape index (κ3) is 4.25. The first-order valence-corrected chi connectivity index (χ1v) is 10.3. The number of aliphatic hydroxyl groups is 1. The van der Waals surface area contributed by atoms with E-state index < -0.39 is 17.7 Å². The Bertz CT molecular complexity index is 990. The van der Waals surface area contributed by atoms with Gasteiger partial charge in [0, 0.05) is 11.6 Å². The number of hydrogen-bond donors (Lipinski definition) is 1. The molecule has 2 aromatic rings. The van der Waals surface area contributed by atoms with E-state index in [0.29, 0.717) is 24.0 Å². The predicted molar refractivity (Wildman–Crippen MR) is 118 cm³/mol. The maximum atomic E-state index is 13.1. The van der Waals surface area contributed by atoms with Crippen LogP contribution < -0.4 is 9.64 Å². The summed E-state index contributed by atoms with van der Waals surface area (Å²) in [6, 6.07) is 14.2. The van der Waals surface area contributed by atoms with Crippen LogP contribution in [0.2, 0.25) is 0 Å². The van der Waals surface area contributed by atoms with Crippen LogP contribution in [0.25, 0.3) is 0 Å². The minimum absolute atomic E-state index is 0.137. The molecule has 1 atom stereocenters. The summed E-state index contributed by atoms with van der Waals surface area (Å²) in [6.07, 6.45) is 0. The first kappa shape index (κ1) is 21.6. The van der Waals surface area contributed by atoms with Crippen molar-refractivity contribution in [2.75, 3.05) is 11.5 Å². The highest BCUT2D eigenvalue weighted by Gasteiger charge is 2.44. The van der Waals surface area contributed by atoms with Crippen LogP contribution in [-0.2, 0) is 9.59 Å². The molecule has 5 nitrogen and oxygen atoms in total. The molecule has 1 amide bonds. The predicted octanol–water partition coefficient (Wildman–Crippen LogP) is 5.15. The molecule has 1 N–H and O–H groups in total. The summed E-state index contributed by atoms with van der Waals surface area (Å²) in [5.41, 5.74) is 2.48. The molecule has 1 unspecified atom stereocenters. The highest BCUT2D eigenvalue weighted by Crippen LogP contribution is 2.42. The molecule has 2 aromatic carbocycles. The molecule has 0 saturated heterocycles. The maximum absolute atomic E-state index is 13.1. The third-order valence-corrected chi connectivity index (χ3v) is 5.03. The molecule has 0 radical (unpaired) electrons. The molecule has 0 bridgehead atoms. The van der Waals surface area contributed by atoms with Gasteiger partial charge in [-0.2, -0.15) is 0 Å². The van der Waals surface area contributed by atoms with E-state index in [1.54, 1.807) is 13.8 Å². The zero-order valence-electron chi connectivity index (χ0n) is 18.2. The Labute approximate surface area is 178 Å². The monoisotopic (exact) mass is 407 g/mol. The van der Waals surface area contributed by atoms with Crippen LogP contribution in [0.3, 0.4) is 0 Å². The number of ether oxygens (including phenoxy) is 1. The molecule has 3 rings (SSSR count). The topological polar surface area (TPSA) is 66.8 Å². The van der Waals surface area contributed by atoms with E-state index in [2.05, 4.69) is 13.8 Å². The molecule has 1 heterocycles. The first-order chi connectivity index (χ1) is 14.2. The van der Waals surface area contributed by atoms with E-state index in [9.17, 15) is 14.7 Å². The molecule has 0 aromatic heterocycles. The van der Waals surface area contributed by atoms with Crippen molar-refractivity contribution in [3.8, 4) is 5.75 Å². The highest BCUT2D eigenvalue weighted by molar-refractivity contribution is 6.16. The second-order valence-corrected chi connectivity index (χ2v) is 8.48. The second-order valence-electron chi connectivity index (χ2n) is 8.48. The van der Waals surface area contributed by atoms with E-state index in [1.165, 1.54) is 4.90 Å². The summed E-state index contributed by atoms with van der Waals surface area (Å²) in [7, 11) is 0. The fraction of sp³-hybridized carbons (Fsp3) is 0.360. The Morgan fingerprint density at radius 2 is 1.80 bits per heavy atom. The van der Waals surface area contributed by atoms with Gasteiger partial charge in [0.15, 0.2) is 11.5 Å². The van der Waals surface area contributed by atoms with Crippen molar-refractivity contribution in [2.24, 2.45) is 11.8 Å². The Morgan fingerprint density at radius 3 is 2.43 bits per heavy atom. The summed E-state index contributed by atoms with van der Waals surface area (Å²) < 4.78 is 5.86. The lowest BCUT2D eigenvalue weighted by atomic mass is 9.91. The molecule has 0 spiro atoms. The number of hydrogen-bond acceptors (Lipinski definition) is 4. The van der Waals surface area contributed by atoms with Gasteiger partial charge >= 0.3 is 0 Å². The van der Waals surface area contributed by atoms with Crippen LogP contribution in [0.1, 0.15) is 44.9 Å². The highest BCUT2D eigenvalue weighted by atomic mass is 16.5. The molecule has 5 heteroatoms. The number of amides is 1. The van der Waals surface area contributed by atoms with Crippen molar-refractivity contribution in [1.82, 2.24) is 0 Å². The van der Waals surface area contributed by atoms with Gasteiger partial charge in [-0.15, -0.1) is 0 Å². The molecule has 1 aliphatic rings. The molecular formula is C25H29NO4. The average Bonchev–Trinajstić information content (AvgIpc) is 2.97. The van der Waals surface area contributed by atoms with E-state index in [-0.39, 0.29) is 17.3 Å². The minimum atomic E-state index is -0.711. The normalized spacial score (nSPS) is 16.7. The van der Waals surface area contributed by atoms with Crippen molar-refractivity contribution < 1.29 is 19.4 Å². The van der Waals surface area contributed by atoms with Crippen LogP contribution in [0.5, 0.6) is 5.75 Å². The number of anilines is 1. The van der Waals surface area contributed by atoms with Crippen LogP contribution in [0.4, 0.5) is 5.69 Å². The van der Waals surface area contributed by atoms with Crippen molar-refractivity contribution in [3.63, 3.8) is 0 Å². The Balaban J connectivity index is 2.12. The Kier molecular flexibility index (Phi) is 6.30. The van der Waals surface area contributed by atoms with Crippen LogP contribution in [-0.4, -0.2) is 23.4 Å². The summed E-state index contributed by atoms with van der Waals surface area (Å²) in [6.45, 7) is 10.2. The number of rotatable bonds is 7. The van der Waals surface area contributed by atoms with Gasteiger partial charge in [-0.05, 0) is 48.2 Å². The standard InChI is InChI=1S/C25H29NO4/c1-15(2)14-30-20-11-7-9-18(13-20)22-21(23(27)16(3)4)24(28)25(29)26(22)19-10-6-8-17(5)12-19/h6-13,15-16,22,28H,14H2,1-5H3. The molecular weight excluding hydrogens is 378 g/mol. The van der Waals surface area contributed by atoms with Crippen molar-refractivity contribution in [1.29, 1.82) is 0 Å². The van der Waals surface area contributed by atoms with Crippen LogP contribution in [0, 0.1) is 18.8 Å². The number of nitrogens with zero attached hydrogens (tertiary/aromatic N) is 1. The van der Waals surface area contributed by atoms with Crippen molar-refractivity contribution in [3.05, 3.63) is 71.0 Å². The van der Waals surface area contributed by atoms with E-state index in [1.807, 2.05) is 55.5 Å². The fourth-order valence-corrected chi connectivity index (χ4v) is 3.56. The van der Waals surface area contributed by atoms with Crippen LogP contribution >= 0.6 is 0 Å². The third-order valence-electron chi connectivity index (χ3n) is 5.03. The SMILES string of the molecule is Cc1cccc(N2C(=O)C(O)=C(C(=O)C(C)C)C2c2cccc(OCC(C)C)c2)c1. The minimum Gasteiger partial charge on any atom is -0.503 e. The van der Waals surface area contributed by atoms with E-state index >= 15 is 0 Å². The molecule has 0 saturated carbocycles. The Morgan fingerprint density at radius 1 is 1.10 bits per heavy atom. The van der Waals surface area contributed by atoms with Gasteiger partial charge in [0.1, 0.15) is 5.75 Å². The average molecular weight is 408 g/mol. The van der Waals surface area contributed by atoms with Gasteiger partial charge in [0.2, 0.25) is 0 Å². The Hall–Kier alpha value is -3.08. The lowest BCUT2D eigenvalue weighted by molar-refractivity contribution is -0.119. The number of carbonyl (C=O) groups is 2. The van der Waals surface area contributed by atoms with Gasteiger partial charge < -0.3 is 9.84 Å². The summed E-state index contributed by atoms with van der Waals surface area (Å²) in [5.74, 6) is -0.602.